The number of pyridine rings is 2. The van der Waals surface area contributed by atoms with Gasteiger partial charge in [-0.15, -0.1) is 41.5 Å². The largest absolute Gasteiger partial charge is 0.501 e. The van der Waals surface area contributed by atoms with Crippen molar-refractivity contribution >= 4 is 53.4 Å². The van der Waals surface area contributed by atoms with E-state index < -0.39 is 12.7 Å². The van der Waals surface area contributed by atoms with Crippen LogP contribution in [0.15, 0.2) is 126 Å². The quantitative estimate of drug-likeness (QED) is 0.166. The third-order valence-corrected chi connectivity index (χ3v) is 10.6. The predicted octanol–water partition coefficient (Wildman–Crippen LogP) is 12.7. The Kier molecular flexibility index (Phi) is 8.38. The molecule has 3 nitrogen and oxygen atoms in total. The first-order valence-electron chi connectivity index (χ1n) is 18.6. The molecule has 0 saturated heterocycles. The summed E-state index contributed by atoms with van der Waals surface area (Å²) >= 11 is 1.82. The number of hydrogen-bond donors (Lipinski definition) is 0. The Morgan fingerprint density at radius 3 is 2.37 bits per heavy atom. The normalized spacial score (nSPS) is 13.8. The molecule has 0 amide bonds. The zero-order valence-electron chi connectivity index (χ0n) is 32.6. The molecule has 0 aliphatic heterocycles. The first-order valence-corrected chi connectivity index (χ1v) is 17.4. The molecule has 1 unspecified atom stereocenters. The third kappa shape index (κ3) is 6.54. The van der Waals surface area contributed by atoms with E-state index in [0.29, 0.717) is 11.3 Å². The summed E-state index contributed by atoms with van der Waals surface area (Å²) in [5, 5.41) is 4.63. The van der Waals surface area contributed by atoms with Crippen LogP contribution in [0.4, 0.5) is 0 Å². The van der Waals surface area contributed by atoms with E-state index in [1.165, 1.54) is 37.5 Å². The fourth-order valence-electron chi connectivity index (χ4n) is 6.57. The van der Waals surface area contributed by atoms with Gasteiger partial charge in [0.25, 0.3) is 0 Å². The molecule has 0 bridgehead atoms. The van der Waals surface area contributed by atoms with Gasteiger partial charge in [-0.2, -0.15) is 11.3 Å². The van der Waals surface area contributed by atoms with E-state index in [0.717, 1.165) is 49.9 Å². The summed E-state index contributed by atoms with van der Waals surface area (Å²) in [5.41, 5.74) is 10.6. The van der Waals surface area contributed by atoms with E-state index in [-0.39, 0.29) is 25.7 Å². The number of furan rings is 1. The molecule has 4 heterocycles. The Bertz CT molecular complexity index is 2830. The van der Waals surface area contributed by atoms with Crippen molar-refractivity contribution in [3.63, 3.8) is 0 Å². The topological polar surface area (TPSA) is 38.9 Å². The molecule has 4 aromatic heterocycles. The minimum atomic E-state index is -2.15. The Morgan fingerprint density at radius 2 is 1.57 bits per heavy atom. The molecular weight excluding hydrogens is 821 g/mol. The molecular formula is C46H36IrN2OS-2. The van der Waals surface area contributed by atoms with E-state index in [1.807, 2.05) is 92.0 Å². The Balaban J connectivity index is 0.000000170. The van der Waals surface area contributed by atoms with Gasteiger partial charge in [-0.1, -0.05) is 109 Å². The fourth-order valence-corrected chi connectivity index (χ4v) is 7.92. The molecule has 0 N–H and O–H groups in total. The van der Waals surface area contributed by atoms with Crippen molar-refractivity contribution in [2.24, 2.45) is 0 Å². The average molecular weight is 861 g/mol. The Morgan fingerprint density at radius 1 is 0.725 bits per heavy atom. The van der Waals surface area contributed by atoms with Gasteiger partial charge >= 0.3 is 0 Å². The van der Waals surface area contributed by atoms with Crippen LogP contribution in [0.25, 0.3) is 64.6 Å². The monoisotopic (exact) mass is 861 g/mol. The number of fused-ring (bicyclic) bond motifs is 6. The second-order valence-corrected chi connectivity index (χ2v) is 13.7. The maximum absolute atomic E-state index is 9.05. The van der Waals surface area contributed by atoms with Crippen LogP contribution in [0, 0.1) is 39.8 Å². The van der Waals surface area contributed by atoms with Crippen LogP contribution in [0.5, 0.6) is 0 Å². The van der Waals surface area contributed by atoms with Gasteiger partial charge in [-0.25, -0.2) is 0 Å². The van der Waals surface area contributed by atoms with Gasteiger partial charge < -0.3 is 14.4 Å². The van der Waals surface area contributed by atoms with E-state index >= 15 is 0 Å². The molecule has 9 aromatic rings. The molecule has 51 heavy (non-hydrogen) atoms. The van der Waals surface area contributed by atoms with Crippen LogP contribution in [-0.4, -0.2) is 9.97 Å². The summed E-state index contributed by atoms with van der Waals surface area (Å²) < 4.78 is 39.9. The van der Waals surface area contributed by atoms with Crippen molar-refractivity contribution in [3.05, 3.63) is 167 Å². The van der Waals surface area contributed by atoms with Crippen molar-refractivity contribution in [1.82, 2.24) is 9.97 Å². The van der Waals surface area contributed by atoms with Crippen LogP contribution < -0.4 is 0 Å². The zero-order chi connectivity index (χ0) is 37.8. The summed E-state index contributed by atoms with van der Waals surface area (Å²) in [6.07, 6.45) is 3.21. The maximum Gasteiger partial charge on any atom is 0.121 e. The zero-order valence-corrected chi connectivity index (χ0v) is 31.8. The minimum absolute atomic E-state index is 0. The van der Waals surface area contributed by atoms with Gasteiger partial charge in [0.1, 0.15) is 5.58 Å². The molecule has 0 spiro atoms. The number of benzene rings is 5. The van der Waals surface area contributed by atoms with E-state index in [2.05, 4.69) is 72.3 Å². The molecule has 0 aliphatic carbocycles. The second-order valence-electron chi connectivity index (χ2n) is 12.7. The standard InChI is InChI=1S/C27H22NS.C19H14NO.Ir/c1-17-12-13-22(27-25(17)23-11-7-8-18(2)26(23)29-27)24-16-21(14-15-28-24)19(3)20-9-5-4-6-10-20;1-12-6-8-14-15-4-3-5-16(19(15)21-18(14)10-12)17-9-7-13(2)11-20-17;/h4-12,14-16,19H,1-3H3;3-4,6-11H,1-2H3;/q2*-1;/i19D;2D3;. The summed E-state index contributed by atoms with van der Waals surface area (Å²) in [5.74, 6) is -0.848. The van der Waals surface area contributed by atoms with Gasteiger partial charge in [-0.3, -0.25) is 0 Å². The summed E-state index contributed by atoms with van der Waals surface area (Å²) in [7, 11) is 0. The molecule has 0 saturated carbocycles. The van der Waals surface area contributed by atoms with Gasteiger partial charge in [-0.05, 0) is 82.1 Å². The van der Waals surface area contributed by atoms with Crippen LogP contribution >= 0.6 is 11.3 Å². The van der Waals surface area contributed by atoms with Gasteiger partial charge in [0.15, 0.2) is 0 Å². The smallest absolute Gasteiger partial charge is 0.121 e. The van der Waals surface area contributed by atoms with Gasteiger partial charge in [0, 0.05) is 54.0 Å². The minimum Gasteiger partial charge on any atom is -0.501 e. The molecule has 5 heteroatoms. The van der Waals surface area contributed by atoms with Crippen LogP contribution in [0.2, 0.25) is 0 Å². The molecule has 253 valence electrons. The molecule has 0 fully saturated rings. The van der Waals surface area contributed by atoms with Crippen LogP contribution in [0.3, 0.4) is 0 Å². The molecule has 9 rings (SSSR count). The van der Waals surface area contributed by atoms with E-state index in [4.69, 9.17) is 9.90 Å². The van der Waals surface area contributed by atoms with E-state index in [9.17, 15) is 0 Å². The number of thiophene rings is 1. The van der Waals surface area contributed by atoms with Crippen LogP contribution in [-0.2, 0) is 20.1 Å². The Hall–Kier alpha value is -4.93. The number of nitrogens with zero attached hydrogens (tertiary/aromatic N) is 2. The average Bonchev–Trinajstić information content (AvgIpc) is 3.75. The second kappa shape index (κ2) is 14.4. The maximum atomic E-state index is 9.05. The molecule has 1 atom stereocenters. The summed E-state index contributed by atoms with van der Waals surface area (Å²) in [6, 6.07) is 42.4. The number of rotatable bonds is 4. The fraction of sp³-hybridized carbons (Fsp3) is 0.130. The predicted molar refractivity (Wildman–Crippen MR) is 210 cm³/mol. The number of hydrogen-bond acceptors (Lipinski definition) is 4. The van der Waals surface area contributed by atoms with Gasteiger partial charge in [0.05, 0.1) is 5.58 Å². The van der Waals surface area contributed by atoms with Gasteiger partial charge in [0.2, 0.25) is 0 Å². The van der Waals surface area contributed by atoms with Crippen molar-refractivity contribution in [1.29, 1.82) is 0 Å². The molecule has 0 aliphatic rings. The van der Waals surface area contributed by atoms with Crippen LogP contribution in [0.1, 0.15) is 51.7 Å². The SMILES string of the molecule is [2H]C(C)(c1ccccc1)c1ccnc(-c2[c-]cc(C)c3c2sc2c(C)cccc23)c1.[2H]C([2H])([2H])c1ccc(-c2[c-]ccc3c2oc2cc(C)ccc23)nc1.[Ir]. The summed E-state index contributed by atoms with van der Waals surface area (Å²) in [6.45, 7) is 6.13. The molecule has 1 radical (unpaired) electrons. The molecule has 5 aromatic carbocycles. The first-order chi connectivity index (χ1) is 25.9. The van der Waals surface area contributed by atoms with Crippen molar-refractivity contribution in [2.75, 3.05) is 0 Å². The Labute approximate surface area is 322 Å². The summed E-state index contributed by atoms with van der Waals surface area (Å²) in [4.78, 5) is 8.98. The van der Waals surface area contributed by atoms with Crippen molar-refractivity contribution in [2.45, 2.75) is 40.4 Å². The number of aromatic nitrogens is 2. The number of aryl methyl sites for hydroxylation is 4. The first kappa shape index (κ1) is 29.8. The third-order valence-electron chi connectivity index (χ3n) is 9.23. The van der Waals surface area contributed by atoms with Crippen molar-refractivity contribution < 1.29 is 30.0 Å². The van der Waals surface area contributed by atoms with Crippen molar-refractivity contribution in [3.8, 4) is 22.5 Å². The van der Waals surface area contributed by atoms with E-state index in [1.54, 1.807) is 12.1 Å².